The molecule has 0 saturated carbocycles. The standard InChI is InChI=1S/C19H23N3O3S/c1-26(24,25)20-18-10-6-5-9-17(18)19(23)22-13-11-21(12-14-22)15-16-7-3-2-4-8-16/h2-10,20H,11-15H2,1H3. The number of amides is 1. The van der Waals surface area contributed by atoms with Crippen LogP contribution in [0.3, 0.4) is 0 Å². The van der Waals surface area contributed by atoms with E-state index in [1.807, 2.05) is 18.2 Å². The first kappa shape index (κ1) is 18.4. The van der Waals surface area contributed by atoms with Gasteiger partial charge in [-0.3, -0.25) is 14.4 Å². The Hall–Kier alpha value is -2.38. The van der Waals surface area contributed by atoms with Gasteiger partial charge in [-0.2, -0.15) is 0 Å². The number of hydrogen-bond acceptors (Lipinski definition) is 4. The third-order valence-electron chi connectivity index (χ3n) is 4.36. The van der Waals surface area contributed by atoms with Crippen molar-refractivity contribution in [2.24, 2.45) is 0 Å². The van der Waals surface area contributed by atoms with Crippen LogP contribution in [0.5, 0.6) is 0 Å². The van der Waals surface area contributed by atoms with E-state index in [9.17, 15) is 13.2 Å². The second-order valence-corrected chi connectivity index (χ2v) is 8.22. The first-order valence-corrected chi connectivity index (χ1v) is 10.4. The predicted molar refractivity (Wildman–Crippen MR) is 103 cm³/mol. The lowest BCUT2D eigenvalue weighted by Gasteiger charge is -2.35. The normalized spacial score (nSPS) is 15.7. The summed E-state index contributed by atoms with van der Waals surface area (Å²) in [4.78, 5) is 16.9. The number of nitrogens with zero attached hydrogens (tertiary/aromatic N) is 2. The molecule has 2 aromatic rings. The molecule has 7 heteroatoms. The van der Waals surface area contributed by atoms with Gasteiger partial charge in [0.15, 0.2) is 0 Å². The first-order chi connectivity index (χ1) is 12.4. The molecule has 0 unspecified atom stereocenters. The summed E-state index contributed by atoms with van der Waals surface area (Å²) >= 11 is 0. The molecule has 138 valence electrons. The lowest BCUT2D eigenvalue weighted by Crippen LogP contribution is -2.48. The number of hydrogen-bond donors (Lipinski definition) is 1. The molecule has 0 atom stereocenters. The zero-order chi connectivity index (χ0) is 18.6. The van der Waals surface area contributed by atoms with E-state index in [1.165, 1.54) is 5.56 Å². The Bertz CT molecular complexity index is 861. The summed E-state index contributed by atoms with van der Waals surface area (Å²) in [6.07, 6.45) is 1.08. The number of nitrogens with one attached hydrogen (secondary N) is 1. The van der Waals surface area contributed by atoms with Crippen molar-refractivity contribution in [3.05, 3.63) is 65.7 Å². The molecule has 6 nitrogen and oxygen atoms in total. The molecule has 1 amide bonds. The number of sulfonamides is 1. The van der Waals surface area contributed by atoms with Crippen LogP contribution in [0, 0.1) is 0 Å². The van der Waals surface area contributed by atoms with Gasteiger partial charge in [-0.25, -0.2) is 8.42 Å². The van der Waals surface area contributed by atoms with Gasteiger partial charge in [0.2, 0.25) is 10.0 Å². The van der Waals surface area contributed by atoms with Crippen LogP contribution in [0.25, 0.3) is 0 Å². The number of para-hydroxylation sites is 1. The Kier molecular flexibility index (Phi) is 5.58. The average Bonchev–Trinajstić information content (AvgIpc) is 2.62. The van der Waals surface area contributed by atoms with Gasteiger partial charge in [0.05, 0.1) is 17.5 Å². The van der Waals surface area contributed by atoms with Gasteiger partial charge in [0, 0.05) is 32.7 Å². The van der Waals surface area contributed by atoms with Gasteiger partial charge >= 0.3 is 0 Å². The zero-order valence-electron chi connectivity index (χ0n) is 14.8. The Morgan fingerprint density at radius 2 is 1.58 bits per heavy atom. The monoisotopic (exact) mass is 373 g/mol. The quantitative estimate of drug-likeness (QED) is 0.871. The highest BCUT2D eigenvalue weighted by Gasteiger charge is 2.24. The van der Waals surface area contributed by atoms with E-state index in [4.69, 9.17) is 0 Å². The van der Waals surface area contributed by atoms with Gasteiger partial charge in [0.25, 0.3) is 5.91 Å². The van der Waals surface area contributed by atoms with Crippen molar-refractivity contribution in [1.29, 1.82) is 0 Å². The Labute approximate surface area is 154 Å². The van der Waals surface area contributed by atoms with E-state index in [1.54, 1.807) is 29.2 Å². The molecular weight excluding hydrogens is 350 g/mol. The minimum absolute atomic E-state index is 0.142. The van der Waals surface area contributed by atoms with Gasteiger partial charge in [-0.1, -0.05) is 42.5 Å². The number of piperazine rings is 1. The molecular formula is C19H23N3O3S. The maximum atomic E-state index is 12.8. The van der Waals surface area contributed by atoms with Crippen molar-refractivity contribution in [2.75, 3.05) is 37.2 Å². The highest BCUT2D eigenvalue weighted by atomic mass is 32.2. The van der Waals surface area contributed by atoms with Crippen molar-refractivity contribution in [3.63, 3.8) is 0 Å². The number of carbonyl (C=O) groups excluding carboxylic acids is 1. The van der Waals surface area contributed by atoms with Crippen molar-refractivity contribution in [2.45, 2.75) is 6.54 Å². The summed E-state index contributed by atoms with van der Waals surface area (Å²) in [5.74, 6) is -0.142. The first-order valence-electron chi connectivity index (χ1n) is 8.55. The van der Waals surface area contributed by atoms with Crippen LogP contribution in [0.15, 0.2) is 54.6 Å². The molecule has 0 bridgehead atoms. The minimum Gasteiger partial charge on any atom is -0.336 e. The average molecular weight is 373 g/mol. The highest BCUT2D eigenvalue weighted by molar-refractivity contribution is 7.92. The second-order valence-electron chi connectivity index (χ2n) is 6.47. The lowest BCUT2D eigenvalue weighted by atomic mass is 10.1. The number of carbonyl (C=O) groups is 1. The summed E-state index contributed by atoms with van der Waals surface area (Å²) < 4.78 is 25.5. The van der Waals surface area contributed by atoms with Crippen LogP contribution in [-0.2, 0) is 16.6 Å². The van der Waals surface area contributed by atoms with Crippen molar-refractivity contribution < 1.29 is 13.2 Å². The number of anilines is 1. The summed E-state index contributed by atoms with van der Waals surface area (Å²) in [7, 11) is -3.44. The fraction of sp³-hybridized carbons (Fsp3) is 0.316. The Morgan fingerprint density at radius 1 is 0.962 bits per heavy atom. The van der Waals surface area contributed by atoms with Gasteiger partial charge < -0.3 is 4.90 Å². The maximum absolute atomic E-state index is 12.8. The van der Waals surface area contributed by atoms with Crippen molar-refractivity contribution >= 4 is 21.6 Å². The number of rotatable bonds is 5. The van der Waals surface area contributed by atoms with Crippen LogP contribution in [-0.4, -0.2) is 56.6 Å². The fourth-order valence-corrected chi connectivity index (χ4v) is 3.66. The van der Waals surface area contributed by atoms with E-state index in [0.29, 0.717) is 24.3 Å². The lowest BCUT2D eigenvalue weighted by molar-refractivity contribution is 0.0629. The molecule has 1 aliphatic heterocycles. The Morgan fingerprint density at radius 3 is 2.23 bits per heavy atom. The molecule has 0 radical (unpaired) electrons. The van der Waals surface area contributed by atoms with Crippen LogP contribution >= 0.6 is 0 Å². The SMILES string of the molecule is CS(=O)(=O)Nc1ccccc1C(=O)N1CCN(Cc2ccccc2)CC1. The Balaban J connectivity index is 1.64. The molecule has 0 aromatic heterocycles. The van der Waals surface area contributed by atoms with Gasteiger partial charge in [-0.05, 0) is 17.7 Å². The summed E-state index contributed by atoms with van der Waals surface area (Å²) in [5, 5.41) is 0. The summed E-state index contributed by atoms with van der Waals surface area (Å²) in [6, 6.07) is 17.0. The van der Waals surface area contributed by atoms with Gasteiger partial charge in [-0.15, -0.1) is 0 Å². The van der Waals surface area contributed by atoms with Crippen LogP contribution in [0.4, 0.5) is 5.69 Å². The molecule has 1 heterocycles. The van der Waals surface area contributed by atoms with E-state index in [0.717, 1.165) is 25.9 Å². The van der Waals surface area contributed by atoms with Gasteiger partial charge in [0.1, 0.15) is 0 Å². The van der Waals surface area contributed by atoms with Crippen molar-refractivity contribution in [1.82, 2.24) is 9.80 Å². The van der Waals surface area contributed by atoms with Crippen molar-refractivity contribution in [3.8, 4) is 0 Å². The molecule has 1 saturated heterocycles. The second kappa shape index (κ2) is 7.88. The predicted octanol–water partition coefficient (Wildman–Crippen LogP) is 2.02. The third-order valence-corrected chi connectivity index (χ3v) is 4.95. The summed E-state index contributed by atoms with van der Waals surface area (Å²) in [6.45, 7) is 3.71. The topological polar surface area (TPSA) is 69.7 Å². The minimum atomic E-state index is -3.44. The zero-order valence-corrected chi connectivity index (χ0v) is 15.6. The highest BCUT2D eigenvalue weighted by Crippen LogP contribution is 2.19. The third kappa shape index (κ3) is 4.83. The van der Waals surface area contributed by atoms with Crippen LogP contribution < -0.4 is 4.72 Å². The molecule has 0 spiro atoms. The molecule has 26 heavy (non-hydrogen) atoms. The molecule has 1 fully saturated rings. The van der Waals surface area contributed by atoms with Crippen LogP contribution in [0.1, 0.15) is 15.9 Å². The van der Waals surface area contributed by atoms with E-state index < -0.39 is 10.0 Å². The molecule has 0 aliphatic carbocycles. The van der Waals surface area contributed by atoms with E-state index >= 15 is 0 Å². The molecule has 3 rings (SSSR count). The molecule has 1 aliphatic rings. The number of benzene rings is 2. The molecule has 2 aromatic carbocycles. The fourth-order valence-electron chi connectivity index (χ4n) is 3.08. The largest absolute Gasteiger partial charge is 0.336 e. The van der Waals surface area contributed by atoms with E-state index in [-0.39, 0.29) is 5.91 Å². The van der Waals surface area contributed by atoms with E-state index in [2.05, 4.69) is 21.8 Å². The van der Waals surface area contributed by atoms with Crippen LogP contribution in [0.2, 0.25) is 0 Å². The summed E-state index contributed by atoms with van der Waals surface area (Å²) in [5.41, 5.74) is 1.97. The molecule has 1 N–H and O–H groups in total. The maximum Gasteiger partial charge on any atom is 0.256 e. The smallest absolute Gasteiger partial charge is 0.256 e.